The highest BCUT2D eigenvalue weighted by Crippen LogP contribution is 2.47. The van der Waals surface area contributed by atoms with Crippen molar-refractivity contribution in [3.05, 3.63) is 29.3 Å². The van der Waals surface area contributed by atoms with E-state index in [1.54, 1.807) is 7.11 Å². The zero-order valence-corrected chi connectivity index (χ0v) is 10.3. The van der Waals surface area contributed by atoms with Gasteiger partial charge in [-0.2, -0.15) is 0 Å². The second kappa shape index (κ2) is 4.46. The molecular formula is C14H21NO. The number of rotatable bonds is 5. The van der Waals surface area contributed by atoms with Crippen molar-refractivity contribution in [3.8, 4) is 5.75 Å². The van der Waals surface area contributed by atoms with Gasteiger partial charge in [0.2, 0.25) is 0 Å². The van der Waals surface area contributed by atoms with Gasteiger partial charge < -0.3 is 10.5 Å². The number of hydrogen-bond donors (Lipinski definition) is 1. The molecule has 0 bridgehead atoms. The van der Waals surface area contributed by atoms with Crippen molar-refractivity contribution >= 4 is 0 Å². The Hall–Kier alpha value is -1.02. The number of nitrogens with two attached hydrogens (primary N) is 1. The van der Waals surface area contributed by atoms with Crippen molar-refractivity contribution < 1.29 is 4.74 Å². The average molecular weight is 219 g/mol. The molecule has 0 unspecified atom stereocenters. The summed E-state index contributed by atoms with van der Waals surface area (Å²) in [6.07, 6.45) is 4.72. The maximum absolute atomic E-state index is 5.82. The van der Waals surface area contributed by atoms with Gasteiger partial charge in [0, 0.05) is 0 Å². The van der Waals surface area contributed by atoms with Crippen LogP contribution in [0.25, 0.3) is 0 Å². The van der Waals surface area contributed by atoms with Crippen LogP contribution in [-0.2, 0) is 12.8 Å². The number of hydrogen-bond acceptors (Lipinski definition) is 2. The third kappa shape index (κ3) is 2.22. The Morgan fingerprint density at radius 1 is 1.38 bits per heavy atom. The number of methoxy groups -OCH3 is 1. The van der Waals surface area contributed by atoms with E-state index in [4.69, 9.17) is 10.5 Å². The summed E-state index contributed by atoms with van der Waals surface area (Å²) >= 11 is 0. The van der Waals surface area contributed by atoms with Crippen LogP contribution >= 0.6 is 0 Å². The molecule has 2 nitrogen and oxygen atoms in total. The molecule has 1 aromatic rings. The minimum absolute atomic E-state index is 0.416. The first-order valence-electron chi connectivity index (χ1n) is 6.09. The van der Waals surface area contributed by atoms with E-state index in [1.807, 2.05) is 0 Å². The topological polar surface area (TPSA) is 35.2 Å². The minimum Gasteiger partial charge on any atom is -0.496 e. The first-order valence-corrected chi connectivity index (χ1v) is 6.09. The molecule has 0 aromatic heterocycles. The summed E-state index contributed by atoms with van der Waals surface area (Å²) in [6.45, 7) is 2.98. The van der Waals surface area contributed by atoms with Crippen LogP contribution in [0, 0.1) is 5.41 Å². The second-order valence-corrected chi connectivity index (χ2v) is 4.88. The lowest BCUT2D eigenvalue weighted by Gasteiger charge is -2.14. The number of aryl methyl sites for hydroxylation is 1. The summed E-state index contributed by atoms with van der Waals surface area (Å²) in [5.41, 5.74) is 8.94. The molecule has 2 N–H and O–H groups in total. The van der Waals surface area contributed by atoms with Gasteiger partial charge in [0.25, 0.3) is 0 Å². The van der Waals surface area contributed by atoms with Crippen molar-refractivity contribution in [2.24, 2.45) is 11.1 Å². The van der Waals surface area contributed by atoms with Crippen molar-refractivity contribution in [1.29, 1.82) is 0 Å². The lowest BCUT2D eigenvalue weighted by molar-refractivity contribution is 0.409. The zero-order chi connectivity index (χ0) is 11.6. The third-order valence-corrected chi connectivity index (χ3v) is 3.69. The summed E-state index contributed by atoms with van der Waals surface area (Å²) in [4.78, 5) is 0. The van der Waals surface area contributed by atoms with Crippen molar-refractivity contribution in [1.82, 2.24) is 0 Å². The van der Waals surface area contributed by atoms with E-state index in [-0.39, 0.29) is 0 Å². The van der Waals surface area contributed by atoms with Gasteiger partial charge in [-0.15, -0.1) is 0 Å². The van der Waals surface area contributed by atoms with Crippen LogP contribution < -0.4 is 10.5 Å². The van der Waals surface area contributed by atoms with Crippen LogP contribution in [0.2, 0.25) is 0 Å². The van der Waals surface area contributed by atoms with E-state index < -0.39 is 0 Å². The second-order valence-electron chi connectivity index (χ2n) is 4.88. The number of benzene rings is 1. The van der Waals surface area contributed by atoms with E-state index in [0.29, 0.717) is 5.41 Å². The largest absolute Gasteiger partial charge is 0.496 e. The zero-order valence-electron chi connectivity index (χ0n) is 10.3. The molecule has 2 rings (SSSR count). The molecule has 0 aliphatic heterocycles. The molecule has 1 aliphatic rings. The Labute approximate surface area is 97.8 Å². The van der Waals surface area contributed by atoms with Gasteiger partial charge in [-0.1, -0.05) is 19.1 Å². The van der Waals surface area contributed by atoms with E-state index in [1.165, 1.54) is 24.0 Å². The highest BCUT2D eigenvalue weighted by molar-refractivity contribution is 5.38. The van der Waals surface area contributed by atoms with E-state index in [9.17, 15) is 0 Å². The molecule has 0 radical (unpaired) electrons. The van der Waals surface area contributed by atoms with Gasteiger partial charge in [0.15, 0.2) is 0 Å². The smallest absolute Gasteiger partial charge is 0.122 e. The molecule has 0 saturated heterocycles. The summed E-state index contributed by atoms with van der Waals surface area (Å²) in [7, 11) is 1.73. The van der Waals surface area contributed by atoms with Gasteiger partial charge >= 0.3 is 0 Å². The Kier molecular flexibility index (Phi) is 3.20. The lowest BCUT2D eigenvalue weighted by atomic mass is 9.95. The Balaban J connectivity index is 2.16. The molecule has 2 heteroatoms. The van der Waals surface area contributed by atoms with E-state index in [0.717, 1.165) is 25.1 Å². The normalized spacial score (nSPS) is 17.2. The predicted molar refractivity (Wildman–Crippen MR) is 66.8 cm³/mol. The fraction of sp³-hybridized carbons (Fsp3) is 0.571. The maximum atomic E-state index is 5.82. The lowest BCUT2D eigenvalue weighted by Crippen LogP contribution is -2.17. The summed E-state index contributed by atoms with van der Waals surface area (Å²) in [5, 5.41) is 0. The maximum Gasteiger partial charge on any atom is 0.122 e. The monoisotopic (exact) mass is 219 g/mol. The molecule has 0 heterocycles. The van der Waals surface area contributed by atoms with Crippen LogP contribution in [0.15, 0.2) is 18.2 Å². The standard InChI is InChI=1S/C14H21NO/c1-3-12-8-11(4-5-13(12)16-2)9-14(10-15)6-7-14/h4-5,8H,3,6-7,9-10,15H2,1-2H3. The Bertz CT molecular complexity index is 369. The van der Waals surface area contributed by atoms with Gasteiger partial charge in [-0.25, -0.2) is 0 Å². The summed E-state index contributed by atoms with van der Waals surface area (Å²) in [6, 6.07) is 6.53. The molecule has 1 aromatic carbocycles. The van der Waals surface area contributed by atoms with Crippen LogP contribution in [0.4, 0.5) is 0 Å². The molecule has 1 fully saturated rings. The van der Waals surface area contributed by atoms with Crippen LogP contribution in [-0.4, -0.2) is 13.7 Å². The highest BCUT2D eigenvalue weighted by atomic mass is 16.5. The summed E-state index contributed by atoms with van der Waals surface area (Å²) < 4.78 is 5.34. The molecule has 16 heavy (non-hydrogen) atoms. The van der Waals surface area contributed by atoms with Crippen molar-refractivity contribution in [2.75, 3.05) is 13.7 Å². The van der Waals surface area contributed by atoms with Crippen LogP contribution in [0.1, 0.15) is 30.9 Å². The summed E-state index contributed by atoms with van der Waals surface area (Å²) in [5.74, 6) is 1.00. The SMILES string of the molecule is CCc1cc(CC2(CN)CC2)ccc1OC. The molecule has 1 aliphatic carbocycles. The van der Waals surface area contributed by atoms with E-state index >= 15 is 0 Å². The average Bonchev–Trinajstić information content (AvgIpc) is 3.09. The molecule has 0 spiro atoms. The third-order valence-electron chi connectivity index (χ3n) is 3.69. The van der Waals surface area contributed by atoms with E-state index in [2.05, 4.69) is 25.1 Å². The Morgan fingerprint density at radius 2 is 2.12 bits per heavy atom. The molecule has 88 valence electrons. The van der Waals surface area contributed by atoms with Gasteiger partial charge in [-0.3, -0.25) is 0 Å². The van der Waals surface area contributed by atoms with Crippen molar-refractivity contribution in [2.45, 2.75) is 32.6 Å². The number of ether oxygens (including phenoxy) is 1. The minimum atomic E-state index is 0.416. The van der Waals surface area contributed by atoms with Crippen molar-refractivity contribution in [3.63, 3.8) is 0 Å². The highest BCUT2D eigenvalue weighted by Gasteiger charge is 2.40. The Morgan fingerprint density at radius 3 is 2.62 bits per heavy atom. The first-order chi connectivity index (χ1) is 7.73. The van der Waals surface area contributed by atoms with Gasteiger partial charge in [0.1, 0.15) is 5.75 Å². The fourth-order valence-electron chi connectivity index (χ4n) is 2.28. The van der Waals surface area contributed by atoms with Gasteiger partial charge in [-0.05, 0) is 54.8 Å². The molecule has 1 saturated carbocycles. The molecule has 0 amide bonds. The van der Waals surface area contributed by atoms with Crippen LogP contribution in [0.3, 0.4) is 0 Å². The van der Waals surface area contributed by atoms with Crippen LogP contribution in [0.5, 0.6) is 5.75 Å². The first kappa shape index (κ1) is 11.5. The predicted octanol–water partition coefficient (Wildman–Crippen LogP) is 2.54. The van der Waals surface area contributed by atoms with Gasteiger partial charge in [0.05, 0.1) is 7.11 Å². The fourth-order valence-corrected chi connectivity index (χ4v) is 2.28. The molecule has 0 atom stereocenters. The quantitative estimate of drug-likeness (QED) is 0.826. The molecular weight excluding hydrogens is 198 g/mol.